The molecule has 1 aromatic heterocycles. The van der Waals surface area contributed by atoms with Crippen LogP contribution in [0.25, 0.3) is 0 Å². The predicted octanol–water partition coefficient (Wildman–Crippen LogP) is 5.65. The zero-order valence-electron chi connectivity index (χ0n) is 21.4. The molecule has 0 radical (unpaired) electrons. The third-order valence-corrected chi connectivity index (χ3v) is 6.89. The maximum atomic E-state index is 12.5. The number of carbonyl (C=O) groups excluding carboxylic acids is 1. The van der Waals surface area contributed by atoms with Crippen LogP contribution in [0.5, 0.6) is 11.5 Å². The third-order valence-electron chi connectivity index (χ3n) is 5.78. The number of benzene rings is 2. The summed E-state index contributed by atoms with van der Waals surface area (Å²) in [6.45, 7) is 4.78. The Morgan fingerprint density at radius 1 is 1.08 bits per heavy atom. The van der Waals surface area contributed by atoms with Gasteiger partial charge >= 0.3 is 0 Å². The van der Waals surface area contributed by atoms with Crippen LogP contribution in [-0.4, -0.2) is 49.7 Å². The number of hydrogen-bond acceptors (Lipinski definition) is 7. The van der Waals surface area contributed by atoms with Crippen molar-refractivity contribution in [2.45, 2.75) is 43.6 Å². The predicted molar refractivity (Wildman–Crippen MR) is 147 cm³/mol. The van der Waals surface area contributed by atoms with Gasteiger partial charge in [0.1, 0.15) is 11.0 Å². The van der Waals surface area contributed by atoms with Crippen molar-refractivity contribution in [2.24, 2.45) is 0 Å². The minimum absolute atomic E-state index is 0.0615. The molecule has 3 aromatic rings. The molecule has 0 saturated heterocycles. The molecule has 0 aliphatic heterocycles. The zero-order valence-corrected chi connectivity index (χ0v) is 22.9. The molecule has 1 atom stereocenters. The number of anilines is 1. The summed E-state index contributed by atoms with van der Waals surface area (Å²) < 4.78 is 10.7. The Morgan fingerprint density at radius 3 is 2.58 bits per heavy atom. The fourth-order valence-corrected chi connectivity index (χ4v) is 4.48. The molecule has 0 bridgehead atoms. The van der Waals surface area contributed by atoms with Crippen LogP contribution in [0, 0.1) is 0 Å². The van der Waals surface area contributed by atoms with Gasteiger partial charge in [-0.2, -0.15) is 0 Å². The van der Waals surface area contributed by atoms with Crippen LogP contribution in [0.4, 0.5) is 5.82 Å². The van der Waals surface area contributed by atoms with E-state index >= 15 is 0 Å². The molecule has 1 amide bonds. The normalized spacial score (nSPS) is 11.6. The number of likely N-dealkylation sites (N-methyl/N-ethyl adjacent to an activating group) is 1. The maximum absolute atomic E-state index is 12.5. The van der Waals surface area contributed by atoms with E-state index in [1.807, 2.05) is 68.3 Å². The minimum atomic E-state index is -0.0615. The molecule has 1 unspecified atom stereocenters. The number of ether oxygens (including phenoxy) is 2. The highest BCUT2D eigenvalue weighted by molar-refractivity contribution is 7.98. The molecule has 7 nitrogen and oxygen atoms in total. The SMILES string of the molecule is CCC(C)NC(=O)c1cccc(CSc2nc(Cl)cc(N(C)CCc3ccc(OC)c(OC)c3)n2)c1. The molecule has 0 fully saturated rings. The maximum Gasteiger partial charge on any atom is 0.251 e. The van der Waals surface area contributed by atoms with Gasteiger partial charge in [-0.25, -0.2) is 9.97 Å². The number of amides is 1. The topological polar surface area (TPSA) is 76.6 Å². The van der Waals surface area contributed by atoms with Gasteiger partial charge in [-0.05, 0) is 55.2 Å². The highest BCUT2D eigenvalue weighted by atomic mass is 35.5. The second-order valence-electron chi connectivity index (χ2n) is 8.46. The van der Waals surface area contributed by atoms with E-state index in [9.17, 15) is 4.79 Å². The van der Waals surface area contributed by atoms with Crippen molar-refractivity contribution in [3.63, 3.8) is 0 Å². The minimum Gasteiger partial charge on any atom is -0.493 e. The summed E-state index contributed by atoms with van der Waals surface area (Å²) in [7, 11) is 5.24. The lowest BCUT2D eigenvalue weighted by molar-refractivity contribution is 0.0939. The molecule has 0 spiro atoms. The van der Waals surface area contributed by atoms with Crippen LogP contribution in [0.15, 0.2) is 53.7 Å². The lowest BCUT2D eigenvalue weighted by Gasteiger charge is -2.19. The summed E-state index contributed by atoms with van der Waals surface area (Å²) in [5.74, 6) is 2.73. The van der Waals surface area contributed by atoms with Gasteiger partial charge < -0.3 is 19.7 Å². The van der Waals surface area contributed by atoms with Crippen molar-refractivity contribution in [3.05, 3.63) is 70.4 Å². The molecule has 0 saturated carbocycles. The second-order valence-corrected chi connectivity index (χ2v) is 9.79. The average Bonchev–Trinajstić information content (AvgIpc) is 2.90. The van der Waals surface area contributed by atoms with Gasteiger partial charge in [0.25, 0.3) is 5.91 Å². The lowest BCUT2D eigenvalue weighted by atomic mass is 10.1. The van der Waals surface area contributed by atoms with Crippen molar-refractivity contribution in [1.29, 1.82) is 0 Å². The van der Waals surface area contributed by atoms with Crippen molar-refractivity contribution < 1.29 is 14.3 Å². The Hall–Kier alpha value is -2.97. The first-order chi connectivity index (χ1) is 17.3. The first-order valence-electron chi connectivity index (χ1n) is 11.8. The number of thioether (sulfide) groups is 1. The molecule has 1 heterocycles. The summed E-state index contributed by atoms with van der Waals surface area (Å²) in [5, 5.41) is 3.98. The van der Waals surface area contributed by atoms with E-state index in [4.69, 9.17) is 26.1 Å². The zero-order chi connectivity index (χ0) is 26.1. The Balaban J connectivity index is 1.63. The monoisotopic (exact) mass is 528 g/mol. The molecule has 0 aliphatic carbocycles. The molecular weight excluding hydrogens is 496 g/mol. The lowest BCUT2D eigenvalue weighted by Crippen LogP contribution is -2.31. The van der Waals surface area contributed by atoms with Crippen molar-refractivity contribution in [3.8, 4) is 11.5 Å². The number of aromatic nitrogens is 2. The van der Waals surface area contributed by atoms with Gasteiger partial charge in [-0.15, -0.1) is 0 Å². The van der Waals surface area contributed by atoms with Gasteiger partial charge in [-0.1, -0.05) is 48.5 Å². The quantitative estimate of drug-likeness (QED) is 0.185. The number of nitrogens with zero attached hydrogens (tertiary/aromatic N) is 3. The smallest absolute Gasteiger partial charge is 0.251 e. The molecular formula is C27H33ClN4O3S. The van der Waals surface area contributed by atoms with Crippen LogP contribution in [0.1, 0.15) is 41.8 Å². The van der Waals surface area contributed by atoms with Gasteiger partial charge in [0.2, 0.25) is 0 Å². The molecule has 2 aromatic carbocycles. The highest BCUT2D eigenvalue weighted by Crippen LogP contribution is 2.28. The number of rotatable bonds is 12. The van der Waals surface area contributed by atoms with Crippen LogP contribution in [0.3, 0.4) is 0 Å². The summed E-state index contributed by atoms with van der Waals surface area (Å²) in [6, 6.07) is 15.4. The summed E-state index contributed by atoms with van der Waals surface area (Å²) in [4.78, 5) is 23.6. The van der Waals surface area contributed by atoms with Crippen LogP contribution < -0.4 is 19.7 Å². The fourth-order valence-electron chi connectivity index (χ4n) is 3.45. The summed E-state index contributed by atoms with van der Waals surface area (Å²) in [6.07, 6.45) is 1.69. The number of halogens is 1. The van der Waals surface area contributed by atoms with E-state index in [-0.39, 0.29) is 11.9 Å². The largest absolute Gasteiger partial charge is 0.493 e. The Labute approximate surface area is 222 Å². The van der Waals surface area contributed by atoms with Crippen LogP contribution in [-0.2, 0) is 12.2 Å². The van der Waals surface area contributed by atoms with E-state index in [1.54, 1.807) is 20.3 Å². The first-order valence-corrected chi connectivity index (χ1v) is 13.2. The molecule has 0 aliphatic rings. The Kier molecular flexibility index (Phi) is 10.3. The number of methoxy groups -OCH3 is 2. The fraction of sp³-hybridized carbons (Fsp3) is 0.370. The third kappa shape index (κ3) is 7.77. The molecule has 9 heteroatoms. The van der Waals surface area contributed by atoms with Gasteiger partial charge in [0.15, 0.2) is 16.7 Å². The van der Waals surface area contributed by atoms with E-state index in [0.717, 1.165) is 36.3 Å². The average molecular weight is 529 g/mol. The Bertz CT molecular complexity index is 1180. The van der Waals surface area contributed by atoms with Gasteiger partial charge in [-0.3, -0.25) is 4.79 Å². The standard InChI is InChI=1S/C27H33ClN4O3S/c1-6-18(2)29-26(33)21-9-7-8-20(14-21)17-36-27-30-24(28)16-25(31-27)32(3)13-12-19-10-11-22(34-4)23(15-19)35-5/h7-11,14-16,18H,6,12-13,17H2,1-5H3,(H,29,33). The molecule has 1 N–H and O–H groups in total. The summed E-state index contributed by atoms with van der Waals surface area (Å²) >= 11 is 7.81. The number of carbonyl (C=O) groups is 1. The van der Waals surface area contributed by atoms with Crippen molar-refractivity contribution in [1.82, 2.24) is 15.3 Å². The highest BCUT2D eigenvalue weighted by Gasteiger charge is 2.12. The summed E-state index contributed by atoms with van der Waals surface area (Å²) in [5.41, 5.74) is 2.80. The number of hydrogen-bond donors (Lipinski definition) is 1. The Morgan fingerprint density at radius 2 is 1.86 bits per heavy atom. The van der Waals surface area contributed by atoms with Crippen LogP contribution >= 0.6 is 23.4 Å². The first kappa shape index (κ1) is 27.6. The molecule has 192 valence electrons. The molecule has 36 heavy (non-hydrogen) atoms. The second kappa shape index (κ2) is 13.4. The van der Waals surface area contributed by atoms with E-state index in [2.05, 4.69) is 10.3 Å². The van der Waals surface area contributed by atoms with Crippen molar-refractivity contribution in [2.75, 3.05) is 32.7 Å². The van der Waals surface area contributed by atoms with Crippen LogP contribution in [0.2, 0.25) is 5.15 Å². The van der Waals surface area contributed by atoms with E-state index in [0.29, 0.717) is 33.1 Å². The van der Waals surface area contributed by atoms with E-state index in [1.165, 1.54) is 11.8 Å². The van der Waals surface area contributed by atoms with Crippen molar-refractivity contribution >= 4 is 35.1 Å². The van der Waals surface area contributed by atoms with E-state index < -0.39 is 0 Å². The number of nitrogens with one attached hydrogen (secondary N) is 1. The van der Waals surface area contributed by atoms with Gasteiger partial charge in [0, 0.05) is 37.0 Å². The molecule has 3 rings (SSSR count). The van der Waals surface area contributed by atoms with Gasteiger partial charge in [0.05, 0.1) is 14.2 Å².